The average molecular weight is 495 g/mol. The lowest BCUT2D eigenvalue weighted by Crippen LogP contribution is -2.18. The van der Waals surface area contributed by atoms with Crippen molar-refractivity contribution in [3.63, 3.8) is 0 Å². The maximum absolute atomic E-state index is 13.3. The fraction of sp³-hybridized carbons (Fsp3) is 0.120. The molecule has 0 fully saturated rings. The van der Waals surface area contributed by atoms with E-state index in [9.17, 15) is 22.8 Å². The van der Waals surface area contributed by atoms with Crippen LogP contribution in [0.15, 0.2) is 67.0 Å². The van der Waals surface area contributed by atoms with Crippen LogP contribution < -0.4 is 21.1 Å². The predicted octanol–water partition coefficient (Wildman–Crippen LogP) is 4.51. The third-order valence-corrected chi connectivity index (χ3v) is 5.23. The third-order valence-electron chi connectivity index (χ3n) is 5.23. The molecule has 0 spiro atoms. The summed E-state index contributed by atoms with van der Waals surface area (Å²) in [6, 6.07) is 13.1. The van der Waals surface area contributed by atoms with Crippen LogP contribution in [0.1, 0.15) is 32.0 Å². The lowest BCUT2D eigenvalue weighted by atomic mass is 10.1. The van der Waals surface area contributed by atoms with E-state index in [-0.39, 0.29) is 35.0 Å². The number of ether oxygens (including phenoxy) is 1. The molecule has 0 bridgehead atoms. The molecule has 8 nitrogen and oxygen atoms in total. The molecule has 0 atom stereocenters. The number of nitrogens with two attached hydrogens (primary N) is 1. The van der Waals surface area contributed by atoms with Crippen molar-refractivity contribution in [3.8, 4) is 11.5 Å². The van der Waals surface area contributed by atoms with Gasteiger partial charge in [0.15, 0.2) is 0 Å². The molecule has 0 aliphatic heterocycles. The van der Waals surface area contributed by atoms with Crippen LogP contribution in [-0.2, 0) is 12.7 Å². The summed E-state index contributed by atoms with van der Waals surface area (Å²) in [6.45, 7) is -0.283. The number of carbonyl (C=O) groups is 2. The van der Waals surface area contributed by atoms with Crippen molar-refractivity contribution >= 4 is 28.4 Å². The number of carbonyl (C=O) groups excluding carboxylic acids is 2. The number of hydrogen-bond acceptors (Lipinski definition) is 6. The Balaban J connectivity index is 1.57. The van der Waals surface area contributed by atoms with E-state index in [1.807, 2.05) is 0 Å². The summed E-state index contributed by atoms with van der Waals surface area (Å²) < 4.78 is 45.8. The van der Waals surface area contributed by atoms with Crippen LogP contribution in [0.3, 0.4) is 0 Å². The summed E-state index contributed by atoms with van der Waals surface area (Å²) in [5, 5.41) is 5.51. The zero-order valence-corrected chi connectivity index (χ0v) is 18.9. The standard InChI is InChI=1S/C25H20F3N5O3/c1-30-24(35)22-11-19(6-7-31-22)36-18-4-5-21-15(9-18)8-16(13-32-21)23(34)33-17-3-2-14(12-29)20(10-17)25(26,27)28/h2-11,13H,12,29H2,1H3,(H,30,35)(H,33,34). The predicted molar refractivity (Wildman–Crippen MR) is 127 cm³/mol. The Morgan fingerprint density at radius 2 is 1.75 bits per heavy atom. The molecule has 4 aromatic rings. The second kappa shape index (κ2) is 10.0. The Morgan fingerprint density at radius 3 is 2.47 bits per heavy atom. The van der Waals surface area contributed by atoms with Gasteiger partial charge in [-0.3, -0.25) is 19.6 Å². The maximum atomic E-state index is 13.3. The number of rotatable bonds is 6. The van der Waals surface area contributed by atoms with Crippen molar-refractivity contribution in [1.29, 1.82) is 0 Å². The molecular weight excluding hydrogens is 475 g/mol. The number of nitrogens with zero attached hydrogens (tertiary/aromatic N) is 2. The molecule has 2 aromatic carbocycles. The molecule has 0 radical (unpaired) electrons. The highest BCUT2D eigenvalue weighted by Crippen LogP contribution is 2.34. The maximum Gasteiger partial charge on any atom is 0.416 e. The highest BCUT2D eigenvalue weighted by atomic mass is 19.4. The van der Waals surface area contributed by atoms with Gasteiger partial charge in [0, 0.05) is 43.1 Å². The van der Waals surface area contributed by atoms with Gasteiger partial charge in [-0.15, -0.1) is 0 Å². The molecule has 2 aromatic heterocycles. The number of hydrogen-bond donors (Lipinski definition) is 3. The highest BCUT2D eigenvalue weighted by Gasteiger charge is 2.33. The lowest BCUT2D eigenvalue weighted by molar-refractivity contribution is -0.138. The van der Waals surface area contributed by atoms with Gasteiger partial charge in [-0.05, 0) is 48.0 Å². The Bertz CT molecular complexity index is 1460. The van der Waals surface area contributed by atoms with Crippen molar-refractivity contribution in [2.45, 2.75) is 12.7 Å². The van der Waals surface area contributed by atoms with E-state index >= 15 is 0 Å². The topological polar surface area (TPSA) is 119 Å². The van der Waals surface area contributed by atoms with Crippen LogP contribution in [0.4, 0.5) is 18.9 Å². The van der Waals surface area contributed by atoms with Gasteiger partial charge in [-0.2, -0.15) is 13.2 Å². The Morgan fingerprint density at radius 1 is 0.972 bits per heavy atom. The third kappa shape index (κ3) is 5.41. The lowest BCUT2D eigenvalue weighted by Gasteiger charge is -2.14. The van der Waals surface area contributed by atoms with Gasteiger partial charge >= 0.3 is 6.18 Å². The van der Waals surface area contributed by atoms with E-state index in [4.69, 9.17) is 10.5 Å². The minimum absolute atomic E-state index is 0.0219. The zero-order chi connectivity index (χ0) is 25.9. The Labute approximate surface area is 203 Å². The number of pyridine rings is 2. The largest absolute Gasteiger partial charge is 0.457 e. The summed E-state index contributed by atoms with van der Waals surface area (Å²) in [4.78, 5) is 32.8. The highest BCUT2D eigenvalue weighted by molar-refractivity contribution is 6.06. The van der Waals surface area contributed by atoms with Crippen LogP contribution >= 0.6 is 0 Å². The quantitative estimate of drug-likeness (QED) is 0.362. The van der Waals surface area contributed by atoms with Gasteiger partial charge in [-0.1, -0.05) is 6.07 Å². The van der Waals surface area contributed by atoms with E-state index in [2.05, 4.69) is 20.6 Å². The first-order valence-electron chi connectivity index (χ1n) is 10.7. The summed E-state index contributed by atoms with van der Waals surface area (Å²) in [5.41, 5.74) is 5.30. The van der Waals surface area contributed by atoms with Crippen molar-refractivity contribution in [3.05, 3.63) is 89.4 Å². The average Bonchev–Trinajstić information content (AvgIpc) is 2.87. The molecule has 36 heavy (non-hydrogen) atoms. The molecule has 0 saturated heterocycles. The second-order valence-corrected chi connectivity index (χ2v) is 7.66. The molecule has 0 aliphatic rings. The Hall–Kier alpha value is -4.51. The molecule has 2 amide bonds. The number of benzene rings is 2. The molecule has 4 rings (SSSR count). The van der Waals surface area contributed by atoms with E-state index in [1.54, 1.807) is 30.3 Å². The number of alkyl halides is 3. The second-order valence-electron chi connectivity index (χ2n) is 7.66. The molecule has 11 heteroatoms. The van der Waals surface area contributed by atoms with Crippen LogP contribution in [-0.4, -0.2) is 28.8 Å². The number of aromatic nitrogens is 2. The number of halogens is 3. The first-order valence-corrected chi connectivity index (χ1v) is 10.7. The first-order chi connectivity index (χ1) is 17.2. The summed E-state index contributed by atoms with van der Waals surface area (Å²) >= 11 is 0. The van der Waals surface area contributed by atoms with Gasteiger partial charge in [0.2, 0.25) is 0 Å². The van der Waals surface area contributed by atoms with Crippen molar-refractivity contribution < 1.29 is 27.5 Å². The summed E-state index contributed by atoms with van der Waals surface area (Å²) in [7, 11) is 1.49. The van der Waals surface area contributed by atoms with E-state index in [0.29, 0.717) is 22.4 Å². The molecule has 0 saturated carbocycles. The molecule has 4 N–H and O–H groups in total. The molecule has 0 aliphatic carbocycles. The van der Waals surface area contributed by atoms with Gasteiger partial charge in [0.25, 0.3) is 11.8 Å². The first kappa shape index (κ1) is 24.6. The summed E-state index contributed by atoms with van der Waals surface area (Å²) in [6.07, 6.45) is -1.84. The van der Waals surface area contributed by atoms with E-state index < -0.39 is 17.6 Å². The van der Waals surface area contributed by atoms with E-state index in [1.165, 1.54) is 37.6 Å². The molecular formula is C25H20F3N5O3. The van der Waals surface area contributed by atoms with Crippen LogP contribution in [0.5, 0.6) is 11.5 Å². The van der Waals surface area contributed by atoms with Crippen LogP contribution in [0.25, 0.3) is 10.9 Å². The smallest absolute Gasteiger partial charge is 0.416 e. The van der Waals surface area contributed by atoms with Gasteiger partial charge < -0.3 is 21.1 Å². The van der Waals surface area contributed by atoms with Crippen molar-refractivity contribution in [2.75, 3.05) is 12.4 Å². The fourth-order valence-corrected chi connectivity index (χ4v) is 3.46. The van der Waals surface area contributed by atoms with Gasteiger partial charge in [0.1, 0.15) is 17.2 Å². The normalized spacial score (nSPS) is 11.2. The minimum Gasteiger partial charge on any atom is -0.457 e. The molecule has 2 heterocycles. The van der Waals surface area contributed by atoms with E-state index in [0.717, 1.165) is 6.07 Å². The monoisotopic (exact) mass is 495 g/mol. The number of fused-ring (bicyclic) bond motifs is 1. The molecule has 0 unspecified atom stereocenters. The van der Waals surface area contributed by atoms with Crippen molar-refractivity contribution in [2.24, 2.45) is 5.73 Å². The fourth-order valence-electron chi connectivity index (χ4n) is 3.46. The van der Waals surface area contributed by atoms with Gasteiger partial charge in [-0.25, -0.2) is 0 Å². The SMILES string of the molecule is CNC(=O)c1cc(Oc2ccc3ncc(C(=O)Nc4ccc(CN)c(C(F)(F)F)c4)cc3c2)ccn1. The number of nitrogens with one attached hydrogen (secondary N) is 2. The number of amides is 2. The number of anilines is 1. The van der Waals surface area contributed by atoms with Gasteiger partial charge in [0.05, 0.1) is 16.6 Å². The zero-order valence-electron chi connectivity index (χ0n) is 18.9. The molecule has 184 valence electrons. The Kier molecular flexibility index (Phi) is 6.84. The minimum atomic E-state index is -4.60. The van der Waals surface area contributed by atoms with Crippen LogP contribution in [0.2, 0.25) is 0 Å². The summed E-state index contributed by atoms with van der Waals surface area (Å²) in [5.74, 6) is -0.193. The van der Waals surface area contributed by atoms with Crippen LogP contribution in [0, 0.1) is 0 Å². The van der Waals surface area contributed by atoms with Crippen molar-refractivity contribution in [1.82, 2.24) is 15.3 Å².